The molecule has 0 atom stereocenters. The third-order valence-corrected chi connectivity index (χ3v) is 6.61. The van der Waals surface area contributed by atoms with Crippen molar-refractivity contribution in [3.8, 4) is 0 Å². The maximum absolute atomic E-state index is 11.9. The van der Waals surface area contributed by atoms with E-state index < -0.39 is 0 Å². The van der Waals surface area contributed by atoms with Crippen LogP contribution in [0.5, 0.6) is 0 Å². The summed E-state index contributed by atoms with van der Waals surface area (Å²) >= 11 is 1.60. The van der Waals surface area contributed by atoms with Gasteiger partial charge >= 0.3 is 0 Å². The zero-order valence-corrected chi connectivity index (χ0v) is 20.9. The van der Waals surface area contributed by atoms with E-state index >= 15 is 0 Å². The molecular weight excluding hydrogens is 444 g/mol. The number of fused-ring (bicyclic) bond motifs is 3. The predicted octanol–water partition coefficient (Wildman–Crippen LogP) is 4.28. The van der Waals surface area contributed by atoms with Crippen LogP contribution in [-0.2, 0) is 11.3 Å². The Hall–Kier alpha value is -2.97. The molecule has 0 spiro atoms. The number of unbranched alkanes of at least 4 members (excludes halogenated alkanes) is 1. The number of para-hydroxylation sites is 1. The molecule has 0 saturated heterocycles. The number of nitrogens with zero attached hydrogens (tertiary/aromatic N) is 5. The van der Waals surface area contributed by atoms with E-state index in [0.717, 1.165) is 53.8 Å². The number of rotatable bonds is 11. The fourth-order valence-corrected chi connectivity index (χ4v) is 4.74. The van der Waals surface area contributed by atoms with E-state index in [0.29, 0.717) is 18.1 Å². The summed E-state index contributed by atoms with van der Waals surface area (Å²) in [6.45, 7) is 4.39. The van der Waals surface area contributed by atoms with Crippen LogP contribution < -0.4 is 5.32 Å². The Kier molecular flexibility index (Phi) is 8.13. The van der Waals surface area contributed by atoms with Crippen molar-refractivity contribution in [3.63, 3.8) is 0 Å². The lowest BCUT2D eigenvalue weighted by molar-refractivity contribution is -0.121. The first-order chi connectivity index (χ1) is 16.5. The lowest BCUT2D eigenvalue weighted by Gasteiger charge is -2.10. The fraction of sp³-hybridized carbons (Fsp3) is 0.385. The summed E-state index contributed by atoms with van der Waals surface area (Å²) in [5.74, 6) is 0.975. The predicted molar refractivity (Wildman–Crippen MR) is 139 cm³/mol. The summed E-state index contributed by atoms with van der Waals surface area (Å²) in [5.41, 5.74) is 5.29. The average Bonchev–Trinajstić information content (AvgIpc) is 3.12. The third kappa shape index (κ3) is 6.12. The molecule has 1 N–H and O–H groups in total. The minimum Gasteiger partial charge on any atom is -0.355 e. The molecule has 34 heavy (non-hydrogen) atoms. The van der Waals surface area contributed by atoms with Gasteiger partial charge in [-0.2, -0.15) is 0 Å². The number of carbonyl (C=O) groups is 1. The van der Waals surface area contributed by atoms with Crippen molar-refractivity contribution in [1.82, 2.24) is 30.0 Å². The lowest BCUT2D eigenvalue weighted by atomic mass is 10.1. The summed E-state index contributed by atoms with van der Waals surface area (Å²) in [7, 11) is 4.00. The van der Waals surface area contributed by atoms with Gasteiger partial charge in [0.25, 0.3) is 0 Å². The maximum Gasteiger partial charge on any atom is 0.220 e. The SMILES string of the molecule is Cc1cccc(Cn2c3ccccc3c3nnc(SCCCCC(=O)NCCN(C)C)nc32)c1. The van der Waals surface area contributed by atoms with Crippen LogP contribution in [0.4, 0.5) is 0 Å². The van der Waals surface area contributed by atoms with Gasteiger partial charge in [0.1, 0.15) is 5.52 Å². The lowest BCUT2D eigenvalue weighted by Crippen LogP contribution is -2.31. The summed E-state index contributed by atoms with van der Waals surface area (Å²) in [4.78, 5) is 18.9. The number of amides is 1. The number of carbonyl (C=O) groups excluding carboxylic acids is 1. The number of hydrogen-bond acceptors (Lipinski definition) is 6. The zero-order chi connectivity index (χ0) is 23.9. The highest BCUT2D eigenvalue weighted by molar-refractivity contribution is 7.99. The van der Waals surface area contributed by atoms with Crippen molar-refractivity contribution < 1.29 is 4.79 Å². The molecule has 0 aliphatic rings. The second-order valence-electron chi connectivity index (χ2n) is 8.82. The monoisotopic (exact) mass is 476 g/mol. The third-order valence-electron chi connectivity index (χ3n) is 5.69. The van der Waals surface area contributed by atoms with Gasteiger partial charge in [-0.15, -0.1) is 10.2 Å². The van der Waals surface area contributed by atoms with Gasteiger partial charge in [0, 0.05) is 37.2 Å². The van der Waals surface area contributed by atoms with E-state index in [1.807, 2.05) is 26.2 Å². The van der Waals surface area contributed by atoms with Crippen LogP contribution in [0.3, 0.4) is 0 Å². The van der Waals surface area contributed by atoms with Gasteiger partial charge in [0.2, 0.25) is 11.1 Å². The molecule has 0 aliphatic heterocycles. The van der Waals surface area contributed by atoms with Crippen molar-refractivity contribution in [3.05, 3.63) is 59.7 Å². The quantitative estimate of drug-likeness (QED) is 0.257. The molecule has 8 heteroatoms. The normalized spacial score (nSPS) is 11.5. The molecule has 2 aromatic carbocycles. The Morgan fingerprint density at radius 3 is 2.76 bits per heavy atom. The van der Waals surface area contributed by atoms with Gasteiger partial charge in [-0.25, -0.2) is 4.98 Å². The minimum absolute atomic E-state index is 0.117. The van der Waals surface area contributed by atoms with Crippen molar-refractivity contribution in [1.29, 1.82) is 0 Å². The number of aromatic nitrogens is 4. The molecule has 4 aromatic rings. The highest BCUT2D eigenvalue weighted by Crippen LogP contribution is 2.28. The second kappa shape index (κ2) is 11.4. The van der Waals surface area contributed by atoms with E-state index in [1.54, 1.807) is 11.8 Å². The first-order valence-electron chi connectivity index (χ1n) is 11.7. The number of thioether (sulfide) groups is 1. The number of likely N-dealkylation sites (N-methyl/N-ethyl adjacent to an activating group) is 1. The Morgan fingerprint density at radius 1 is 1.09 bits per heavy atom. The van der Waals surface area contributed by atoms with Crippen molar-refractivity contribution in [2.24, 2.45) is 0 Å². The van der Waals surface area contributed by atoms with Crippen LogP contribution >= 0.6 is 11.8 Å². The van der Waals surface area contributed by atoms with Crippen LogP contribution in [0.2, 0.25) is 0 Å². The molecule has 0 aliphatic carbocycles. The standard InChI is InChI=1S/C26H32N6OS/c1-19-9-8-10-20(17-19)18-32-22-12-5-4-11-21(22)24-25(32)28-26(30-29-24)34-16-7-6-13-23(33)27-14-15-31(2)3/h4-5,8-12,17H,6-7,13-16,18H2,1-3H3,(H,27,33). The van der Waals surface area contributed by atoms with E-state index in [-0.39, 0.29) is 5.91 Å². The van der Waals surface area contributed by atoms with Crippen molar-refractivity contribution in [2.75, 3.05) is 32.9 Å². The van der Waals surface area contributed by atoms with Gasteiger partial charge in [-0.05, 0) is 45.5 Å². The van der Waals surface area contributed by atoms with Crippen molar-refractivity contribution in [2.45, 2.75) is 37.9 Å². The number of hydrogen-bond donors (Lipinski definition) is 1. The number of nitrogens with one attached hydrogen (secondary N) is 1. The van der Waals surface area contributed by atoms with Crippen LogP contribution in [0.1, 0.15) is 30.4 Å². The van der Waals surface area contributed by atoms with Crippen molar-refractivity contribution >= 4 is 39.7 Å². The van der Waals surface area contributed by atoms with Gasteiger partial charge in [0.05, 0.1) is 5.52 Å². The first-order valence-corrected chi connectivity index (χ1v) is 12.7. The number of aryl methyl sites for hydroxylation is 1. The summed E-state index contributed by atoms with van der Waals surface area (Å²) in [6, 6.07) is 16.8. The molecular formula is C26H32N6OS. The fourth-order valence-electron chi connectivity index (χ4n) is 3.96. The molecule has 0 radical (unpaired) electrons. The topological polar surface area (TPSA) is 75.9 Å². The Morgan fingerprint density at radius 2 is 1.94 bits per heavy atom. The van der Waals surface area contributed by atoms with Gasteiger partial charge in [0.15, 0.2) is 5.65 Å². The molecule has 0 unspecified atom stereocenters. The molecule has 178 valence electrons. The molecule has 2 heterocycles. The molecule has 0 bridgehead atoms. The Balaban J connectivity index is 1.42. The van der Waals surface area contributed by atoms with E-state index in [4.69, 9.17) is 4.98 Å². The smallest absolute Gasteiger partial charge is 0.220 e. The highest BCUT2D eigenvalue weighted by atomic mass is 32.2. The minimum atomic E-state index is 0.117. The summed E-state index contributed by atoms with van der Waals surface area (Å²) < 4.78 is 2.23. The number of benzene rings is 2. The average molecular weight is 477 g/mol. The van der Waals surface area contributed by atoms with E-state index in [2.05, 4.69) is 68.3 Å². The molecule has 2 aromatic heterocycles. The van der Waals surface area contributed by atoms with Crippen LogP contribution in [0.25, 0.3) is 22.1 Å². The molecule has 1 amide bonds. The van der Waals surface area contributed by atoms with Crippen LogP contribution in [-0.4, -0.2) is 63.5 Å². The van der Waals surface area contributed by atoms with Crippen LogP contribution in [0, 0.1) is 6.92 Å². The Labute approximate surface area is 205 Å². The second-order valence-corrected chi connectivity index (χ2v) is 9.88. The zero-order valence-electron chi connectivity index (χ0n) is 20.1. The highest BCUT2D eigenvalue weighted by Gasteiger charge is 2.15. The van der Waals surface area contributed by atoms with E-state index in [1.165, 1.54) is 11.1 Å². The molecule has 0 saturated carbocycles. The largest absolute Gasteiger partial charge is 0.355 e. The Bertz CT molecular complexity index is 1270. The summed E-state index contributed by atoms with van der Waals surface area (Å²) in [5, 5.41) is 13.6. The molecule has 4 rings (SSSR count). The van der Waals surface area contributed by atoms with E-state index in [9.17, 15) is 4.79 Å². The first kappa shape index (κ1) is 24.2. The molecule has 7 nitrogen and oxygen atoms in total. The van der Waals surface area contributed by atoms with Gasteiger partial charge in [-0.3, -0.25) is 4.79 Å². The maximum atomic E-state index is 11.9. The van der Waals surface area contributed by atoms with Gasteiger partial charge in [-0.1, -0.05) is 59.8 Å². The van der Waals surface area contributed by atoms with Gasteiger partial charge < -0.3 is 14.8 Å². The summed E-state index contributed by atoms with van der Waals surface area (Å²) in [6.07, 6.45) is 2.33. The molecule has 0 fully saturated rings. The van der Waals surface area contributed by atoms with Crippen LogP contribution in [0.15, 0.2) is 53.7 Å².